The molecule has 0 radical (unpaired) electrons. The van der Waals surface area contributed by atoms with Crippen molar-refractivity contribution in [3.8, 4) is 0 Å². The van der Waals surface area contributed by atoms with E-state index in [0.717, 1.165) is 17.0 Å². The van der Waals surface area contributed by atoms with Crippen molar-refractivity contribution in [3.05, 3.63) is 63.9 Å². The van der Waals surface area contributed by atoms with Gasteiger partial charge in [0.2, 0.25) is 5.91 Å². The molecule has 0 aliphatic carbocycles. The van der Waals surface area contributed by atoms with E-state index in [-0.39, 0.29) is 5.91 Å². The molecular formula is C20H24N2OS. The second-order valence-corrected chi connectivity index (χ2v) is 7.20. The Balaban J connectivity index is 1.44. The number of carbonyl (C=O) groups excluding carboxylic acids is 1. The topological polar surface area (TPSA) is 32.3 Å². The molecule has 24 heavy (non-hydrogen) atoms. The molecule has 1 aromatic carbocycles. The van der Waals surface area contributed by atoms with Crippen LogP contribution < -0.4 is 5.32 Å². The van der Waals surface area contributed by atoms with Gasteiger partial charge < -0.3 is 5.32 Å². The molecule has 1 aliphatic heterocycles. The third-order valence-electron chi connectivity index (χ3n) is 4.29. The van der Waals surface area contributed by atoms with Gasteiger partial charge in [-0.15, -0.1) is 11.3 Å². The average Bonchev–Trinajstić information content (AvgIpc) is 3.14. The van der Waals surface area contributed by atoms with Gasteiger partial charge in [-0.05, 0) is 54.6 Å². The largest absolute Gasteiger partial charge is 0.348 e. The smallest absolute Gasteiger partial charge is 0.244 e. The van der Waals surface area contributed by atoms with Crippen molar-refractivity contribution < 1.29 is 4.79 Å². The second-order valence-electron chi connectivity index (χ2n) is 6.22. The third kappa shape index (κ3) is 5.32. The molecular weight excluding hydrogens is 316 g/mol. The maximum absolute atomic E-state index is 11.8. The van der Waals surface area contributed by atoms with Crippen LogP contribution in [0.3, 0.4) is 0 Å². The number of hydrogen-bond acceptors (Lipinski definition) is 3. The minimum atomic E-state index is -0.0548. The molecule has 2 aromatic rings. The normalized spacial score (nSPS) is 15.7. The predicted molar refractivity (Wildman–Crippen MR) is 101 cm³/mol. The van der Waals surface area contributed by atoms with Crippen LogP contribution in [-0.4, -0.2) is 23.9 Å². The SMILES string of the molecule is O=C(/C=C/c1cccs1)NCc1ccc(CN2CCCCC2)cc1. The zero-order valence-corrected chi connectivity index (χ0v) is 14.7. The van der Waals surface area contributed by atoms with Crippen LogP contribution in [-0.2, 0) is 17.9 Å². The van der Waals surface area contributed by atoms with E-state index in [1.165, 1.54) is 37.9 Å². The number of piperidine rings is 1. The van der Waals surface area contributed by atoms with Gasteiger partial charge in [0, 0.05) is 24.0 Å². The van der Waals surface area contributed by atoms with Gasteiger partial charge in [-0.2, -0.15) is 0 Å². The number of rotatable bonds is 6. The van der Waals surface area contributed by atoms with Crippen LogP contribution in [0, 0.1) is 0 Å². The van der Waals surface area contributed by atoms with Crippen molar-refractivity contribution in [2.24, 2.45) is 0 Å². The molecule has 126 valence electrons. The standard InChI is InChI=1S/C20H24N2OS/c23-20(11-10-19-5-4-14-24-19)21-15-17-6-8-18(9-7-17)16-22-12-2-1-3-13-22/h4-11,14H,1-3,12-13,15-16H2,(H,21,23)/b11-10+. The van der Waals surface area contributed by atoms with Crippen LogP contribution >= 0.6 is 11.3 Å². The van der Waals surface area contributed by atoms with Crippen LogP contribution in [0.4, 0.5) is 0 Å². The average molecular weight is 340 g/mol. The van der Waals surface area contributed by atoms with Crippen molar-refractivity contribution in [2.45, 2.75) is 32.4 Å². The lowest BCUT2D eigenvalue weighted by Crippen LogP contribution is -2.29. The summed E-state index contributed by atoms with van der Waals surface area (Å²) in [6.45, 7) is 4.04. The molecule has 1 fully saturated rings. The van der Waals surface area contributed by atoms with E-state index in [4.69, 9.17) is 0 Å². The van der Waals surface area contributed by atoms with Gasteiger partial charge in [0.15, 0.2) is 0 Å². The number of hydrogen-bond donors (Lipinski definition) is 1. The second kappa shape index (κ2) is 8.81. The summed E-state index contributed by atoms with van der Waals surface area (Å²) in [6, 6.07) is 12.6. The number of likely N-dealkylation sites (tertiary alicyclic amines) is 1. The summed E-state index contributed by atoms with van der Waals surface area (Å²) < 4.78 is 0. The first-order chi connectivity index (χ1) is 11.8. The Morgan fingerprint density at radius 2 is 1.83 bits per heavy atom. The van der Waals surface area contributed by atoms with Crippen molar-refractivity contribution in [1.82, 2.24) is 10.2 Å². The molecule has 0 saturated carbocycles. The van der Waals surface area contributed by atoms with Gasteiger partial charge in [0.25, 0.3) is 0 Å². The third-order valence-corrected chi connectivity index (χ3v) is 5.12. The van der Waals surface area contributed by atoms with Gasteiger partial charge in [-0.3, -0.25) is 9.69 Å². The monoisotopic (exact) mass is 340 g/mol. The van der Waals surface area contributed by atoms with Crippen molar-refractivity contribution in [1.29, 1.82) is 0 Å². The zero-order chi connectivity index (χ0) is 16.6. The molecule has 0 bridgehead atoms. The Bertz CT molecular complexity index is 655. The Labute approximate surface area is 148 Å². The number of nitrogens with zero attached hydrogens (tertiary/aromatic N) is 1. The summed E-state index contributed by atoms with van der Waals surface area (Å²) in [5, 5.41) is 4.93. The van der Waals surface area contributed by atoms with Crippen LogP contribution in [0.1, 0.15) is 35.3 Å². The molecule has 1 saturated heterocycles. The molecule has 1 aromatic heterocycles. The molecule has 3 nitrogen and oxygen atoms in total. The molecule has 0 unspecified atom stereocenters. The minimum Gasteiger partial charge on any atom is -0.348 e. The molecule has 4 heteroatoms. The summed E-state index contributed by atoms with van der Waals surface area (Å²) in [4.78, 5) is 15.5. The Kier molecular flexibility index (Phi) is 6.21. The Morgan fingerprint density at radius 3 is 2.54 bits per heavy atom. The van der Waals surface area contributed by atoms with Crippen molar-refractivity contribution >= 4 is 23.3 Å². The first-order valence-electron chi connectivity index (χ1n) is 8.59. The summed E-state index contributed by atoms with van der Waals surface area (Å²) in [5.41, 5.74) is 2.49. The highest BCUT2D eigenvalue weighted by Crippen LogP contribution is 2.14. The maximum Gasteiger partial charge on any atom is 0.244 e. The van der Waals surface area contributed by atoms with Gasteiger partial charge in [0.1, 0.15) is 0 Å². The summed E-state index contributed by atoms with van der Waals surface area (Å²) in [6.07, 6.45) is 7.46. The van der Waals surface area contributed by atoms with E-state index in [1.807, 2.05) is 23.6 Å². The van der Waals surface area contributed by atoms with Gasteiger partial charge in [-0.25, -0.2) is 0 Å². The predicted octanol–water partition coefficient (Wildman–Crippen LogP) is 4.06. The number of amides is 1. The van der Waals surface area contributed by atoms with Crippen LogP contribution in [0.2, 0.25) is 0 Å². The molecule has 3 rings (SSSR count). The highest BCUT2D eigenvalue weighted by molar-refractivity contribution is 7.10. The lowest BCUT2D eigenvalue weighted by Gasteiger charge is -2.26. The van der Waals surface area contributed by atoms with Crippen LogP contribution in [0.25, 0.3) is 6.08 Å². The summed E-state index contributed by atoms with van der Waals surface area (Å²) in [5.74, 6) is -0.0548. The molecule has 1 aliphatic rings. The molecule has 0 atom stereocenters. The maximum atomic E-state index is 11.8. The van der Waals surface area contributed by atoms with Crippen LogP contribution in [0.5, 0.6) is 0 Å². The van der Waals surface area contributed by atoms with Gasteiger partial charge >= 0.3 is 0 Å². The molecule has 2 heterocycles. The van der Waals surface area contributed by atoms with Crippen molar-refractivity contribution in [2.75, 3.05) is 13.1 Å². The molecule has 1 amide bonds. The fraction of sp³-hybridized carbons (Fsp3) is 0.350. The van der Waals surface area contributed by atoms with E-state index in [9.17, 15) is 4.79 Å². The highest BCUT2D eigenvalue weighted by atomic mass is 32.1. The fourth-order valence-corrected chi connectivity index (χ4v) is 3.55. The zero-order valence-electron chi connectivity index (χ0n) is 13.9. The van der Waals surface area contributed by atoms with E-state index in [0.29, 0.717) is 6.54 Å². The molecule has 1 N–H and O–H groups in total. The molecule has 0 spiro atoms. The van der Waals surface area contributed by atoms with Crippen molar-refractivity contribution in [3.63, 3.8) is 0 Å². The quantitative estimate of drug-likeness (QED) is 0.804. The number of carbonyl (C=O) groups is 1. The first kappa shape index (κ1) is 16.9. The first-order valence-corrected chi connectivity index (χ1v) is 9.47. The van der Waals surface area contributed by atoms with Crippen LogP contribution in [0.15, 0.2) is 47.9 Å². The van der Waals surface area contributed by atoms with E-state index >= 15 is 0 Å². The summed E-state index contributed by atoms with van der Waals surface area (Å²) >= 11 is 1.62. The van der Waals surface area contributed by atoms with Gasteiger partial charge in [0.05, 0.1) is 0 Å². The Hall–Kier alpha value is -1.91. The fourth-order valence-electron chi connectivity index (χ4n) is 2.93. The Morgan fingerprint density at radius 1 is 1.08 bits per heavy atom. The number of thiophene rings is 1. The lowest BCUT2D eigenvalue weighted by atomic mass is 10.1. The van der Waals surface area contributed by atoms with E-state index in [2.05, 4.69) is 34.5 Å². The lowest BCUT2D eigenvalue weighted by molar-refractivity contribution is -0.116. The minimum absolute atomic E-state index is 0.0548. The number of nitrogens with one attached hydrogen (secondary N) is 1. The highest BCUT2D eigenvalue weighted by Gasteiger charge is 2.10. The number of benzene rings is 1. The van der Waals surface area contributed by atoms with E-state index < -0.39 is 0 Å². The van der Waals surface area contributed by atoms with Gasteiger partial charge in [-0.1, -0.05) is 36.8 Å². The van der Waals surface area contributed by atoms with E-state index in [1.54, 1.807) is 17.4 Å². The summed E-state index contributed by atoms with van der Waals surface area (Å²) in [7, 11) is 0.